The van der Waals surface area contributed by atoms with Gasteiger partial charge in [0.2, 0.25) is 0 Å². The Morgan fingerprint density at radius 2 is 2.29 bits per heavy atom. The average molecular weight is 192 g/mol. The van der Waals surface area contributed by atoms with Gasteiger partial charge < -0.3 is 0 Å². The van der Waals surface area contributed by atoms with Gasteiger partial charge in [0.25, 0.3) is 0 Å². The second kappa shape index (κ2) is 3.53. The lowest BCUT2D eigenvalue weighted by Gasteiger charge is -2.01. The maximum atomic E-state index is 12.9. The quantitative estimate of drug-likeness (QED) is 0.721. The van der Waals surface area contributed by atoms with E-state index in [0.29, 0.717) is 12.1 Å². The van der Waals surface area contributed by atoms with Crippen LogP contribution in [0.15, 0.2) is 24.3 Å². The van der Waals surface area contributed by atoms with Crippen LogP contribution in [-0.4, -0.2) is 20.2 Å². The summed E-state index contributed by atoms with van der Waals surface area (Å²) in [6.45, 7) is 1.95. The number of hydrogen-bond acceptors (Lipinski definition) is 3. The van der Waals surface area contributed by atoms with Crippen LogP contribution in [0.25, 0.3) is 5.69 Å². The second-order valence-corrected chi connectivity index (χ2v) is 2.84. The zero-order valence-electron chi connectivity index (χ0n) is 7.68. The highest BCUT2D eigenvalue weighted by atomic mass is 19.1. The van der Waals surface area contributed by atoms with Gasteiger partial charge in [-0.1, -0.05) is 13.0 Å². The van der Waals surface area contributed by atoms with Crippen molar-refractivity contribution in [3.05, 3.63) is 35.9 Å². The Bertz CT molecular complexity index is 438. The lowest BCUT2D eigenvalue weighted by molar-refractivity contribution is 0.624. The molecule has 2 rings (SSSR count). The molecule has 72 valence electrons. The van der Waals surface area contributed by atoms with Gasteiger partial charge >= 0.3 is 0 Å². The Morgan fingerprint density at radius 1 is 1.43 bits per heavy atom. The summed E-state index contributed by atoms with van der Waals surface area (Å²) < 4.78 is 14.4. The molecule has 0 bridgehead atoms. The number of nitrogens with zero attached hydrogens (tertiary/aromatic N) is 4. The largest absolute Gasteiger partial charge is 0.207 e. The van der Waals surface area contributed by atoms with Crippen LogP contribution < -0.4 is 0 Å². The van der Waals surface area contributed by atoms with Crippen molar-refractivity contribution in [3.63, 3.8) is 0 Å². The first kappa shape index (κ1) is 8.80. The third-order valence-electron chi connectivity index (χ3n) is 1.90. The standard InChI is InChI=1S/C9H9FN4/c1-2-9-11-12-13-14(9)8-5-3-4-7(10)6-8/h3-6H,2H2,1H3. The molecular weight excluding hydrogens is 183 g/mol. The van der Waals surface area contributed by atoms with E-state index in [-0.39, 0.29) is 5.82 Å². The third kappa shape index (κ3) is 1.48. The first-order chi connectivity index (χ1) is 6.81. The van der Waals surface area contributed by atoms with Crippen LogP contribution in [0, 0.1) is 5.82 Å². The predicted molar refractivity (Wildman–Crippen MR) is 48.5 cm³/mol. The second-order valence-electron chi connectivity index (χ2n) is 2.84. The van der Waals surface area contributed by atoms with E-state index in [2.05, 4.69) is 15.5 Å². The van der Waals surface area contributed by atoms with Crippen molar-refractivity contribution in [1.29, 1.82) is 0 Å². The van der Waals surface area contributed by atoms with Gasteiger partial charge in [0.15, 0.2) is 5.82 Å². The molecule has 4 nitrogen and oxygen atoms in total. The van der Waals surface area contributed by atoms with E-state index in [0.717, 1.165) is 5.82 Å². The molecule has 0 saturated heterocycles. The normalized spacial score (nSPS) is 10.4. The van der Waals surface area contributed by atoms with Crippen LogP contribution in [0.2, 0.25) is 0 Å². The van der Waals surface area contributed by atoms with Gasteiger partial charge in [0.05, 0.1) is 5.69 Å². The molecule has 0 aliphatic heterocycles. The van der Waals surface area contributed by atoms with Crippen molar-refractivity contribution in [2.75, 3.05) is 0 Å². The van der Waals surface area contributed by atoms with Gasteiger partial charge in [-0.05, 0) is 28.6 Å². The van der Waals surface area contributed by atoms with Crippen molar-refractivity contribution >= 4 is 0 Å². The summed E-state index contributed by atoms with van der Waals surface area (Å²) in [4.78, 5) is 0. The molecule has 5 heteroatoms. The van der Waals surface area contributed by atoms with Crippen LogP contribution in [0.1, 0.15) is 12.7 Å². The van der Waals surface area contributed by atoms with Crippen LogP contribution in [0.5, 0.6) is 0 Å². The zero-order valence-corrected chi connectivity index (χ0v) is 7.68. The van der Waals surface area contributed by atoms with E-state index >= 15 is 0 Å². The molecule has 0 unspecified atom stereocenters. The fourth-order valence-electron chi connectivity index (χ4n) is 1.23. The molecule has 0 saturated carbocycles. The van der Waals surface area contributed by atoms with Gasteiger partial charge in [0.1, 0.15) is 5.82 Å². The number of aromatic nitrogens is 4. The molecule has 0 N–H and O–H groups in total. The lowest BCUT2D eigenvalue weighted by atomic mass is 10.3. The Morgan fingerprint density at radius 3 is 3.00 bits per heavy atom. The van der Waals surface area contributed by atoms with Gasteiger partial charge in [-0.3, -0.25) is 0 Å². The van der Waals surface area contributed by atoms with E-state index in [1.807, 2.05) is 6.92 Å². The number of hydrogen-bond donors (Lipinski definition) is 0. The number of benzene rings is 1. The van der Waals surface area contributed by atoms with Crippen LogP contribution in [0.3, 0.4) is 0 Å². The maximum absolute atomic E-state index is 12.9. The number of tetrazole rings is 1. The van der Waals surface area contributed by atoms with Gasteiger partial charge in [0, 0.05) is 6.42 Å². The maximum Gasteiger partial charge on any atom is 0.156 e. The first-order valence-corrected chi connectivity index (χ1v) is 4.34. The summed E-state index contributed by atoms with van der Waals surface area (Å²) in [6.07, 6.45) is 0.712. The Hall–Kier alpha value is -1.78. The van der Waals surface area contributed by atoms with E-state index < -0.39 is 0 Å². The molecule has 0 fully saturated rings. The fraction of sp³-hybridized carbons (Fsp3) is 0.222. The first-order valence-electron chi connectivity index (χ1n) is 4.34. The van der Waals surface area contributed by atoms with Crippen LogP contribution >= 0.6 is 0 Å². The van der Waals surface area contributed by atoms with E-state index in [1.165, 1.54) is 16.8 Å². The van der Waals surface area contributed by atoms with Crippen molar-refractivity contribution in [2.24, 2.45) is 0 Å². The smallest absolute Gasteiger partial charge is 0.156 e. The average Bonchev–Trinajstić information content (AvgIpc) is 2.65. The summed E-state index contributed by atoms with van der Waals surface area (Å²) in [6, 6.07) is 6.18. The molecule has 0 aliphatic rings. The molecule has 1 heterocycles. The van der Waals surface area contributed by atoms with Crippen LogP contribution in [-0.2, 0) is 6.42 Å². The minimum Gasteiger partial charge on any atom is -0.207 e. The van der Waals surface area contributed by atoms with E-state index in [4.69, 9.17) is 0 Å². The summed E-state index contributed by atoms with van der Waals surface area (Å²) in [5, 5.41) is 11.1. The highest BCUT2D eigenvalue weighted by Gasteiger charge is 2.05. The van der Waals surface area contributed by atoms with Crippen molar-refractivity contribution < 1.29 is 4.39 Å². The van der Waals surface area contributed by atoms with Crippen LogP contribution in [0.4, 0.5) is 4.39 Å². The number of rotatable bonds is 2. The molecular formula is C9H9FN4. The highest BCUT2D eigenvalue weighted by molar-refractivity contribution is 5.31. The van der Waals surface area contributed by atoms with Gasteiger partial charge in [-0.2, -0.15) is 4.68 Å². The topological polar surface area (TPSA) is 43.6 Å². The molecule has 2 aromatic rings. The molecule has 0 atom stereocenters. The molecule has 0 aliphatic carbocycles. The Labute approximate surface area is 80.4 Å². The summed E-state index contributed by atoms with van der Waals surface area (Å²) >= 11 is 0. The molecule has 14 heavy (non-hydrogen) atoms. The molecule has 0 amide bonds. The molecule has 0 spiro atoms. The monoisotopic (exact) mass is 192 g/mol. The summed E-state index contributed by atoms with van der Waals surface area (Å²) in [5.74, 6) is 0.427. The van der Waals surface area contributed by atoms with Gasteiger partial charge in [-0.25, -0.2) is 4.39 Å². The summed E-state index contributed by atoms with van der Waals surface area (Å²) in [5.41, 5.74) is 0.645. The molecule has 1 aromatic carbocycles. The SMILES string of the molecule is CCc1nnnn1-c1cccc(F)c1. The zero-order chi connectivity index (χ0) is 9.97. The van der Waals surface area contributed by atoms with Crippen molar-refractivity contribution in [2.45, 2.75) is 13.3 Å². The summed E-state index contributed by atoms with van der Waals surface area (Å²) in [7, 11) is 0. The third-order valence-corrected chi connectivity index (χ3v) is 1.90. The minimum atomic E-state index is -0.292. The Kier molecular flexibility index (Phi) is 2.22. The van der Waals surface area contributed by atoms with Crippen molar-refractivity contribution in [1.82, 2.24) is 20.2 Å². The number of halogens is 1. The van der Waals surface area contributed by atoms with Gasteiger partial charge in [-0.15, -0.1) is 5.10 Å². The molecule has 1 aromatic heterocycles. The number of aryl methyl sites for hydroxylation is 1. The van der Waals surface area contributed by atoms with E-state index in [9.17, 15) is 4.39 Å². The minimum absolute atomic E-state index is 0.292. The predicted octanol–water partition coefficient (Wildman–Crippen LogP) is 1.36. The molecule has 0 radical (unpaired) electrons. The Balaban J connectivity index is 2.49. The lowest BCUT2D eigenvalue weighted by Crippen LogP contribution is -2.02. The highest BCUT2D eigenvalue weighted by Crippen LogP contribution is 2.09. The van der Waals surface area contributed by atoms with E-state index in [1.54, 1.807) is 12.1 Å². The fourth-order valence-corrected chi connectivity index (χ4v) is 1.23. The van der Waals surface area contributed by atoms with Crippen molar-refractivity contribution in [3.8, 4) is 5.69 Å².